The second kappa shape index (κ2) is 7.75. The predicted molar refractivity (Wildman–Crippen MR) is 102 cm³/mol. The topological polar surface area (TPSA) is 54.0 Å². The molecule has 8 heteroatoms. The monoisotopic (exact) mass is 378 g/mol. The van der Waals surface area contributed by atoms with Crippen molar-refractivity contribution in [2.45, 2.75) is 71.8 Å². The van der Waals surface area contributed by atoms with E-state index in [2.05, 4.69) is 6.58 Å². The van der Waals surface area contributed by atoms with Gasteiger partial charge in [0.25, 0.3) is 5.97 Å². The van der Waals surface area contributed by atoms with E-state index in [9.17, 15) is 4.79 Å². The van der Waals surface area contributed by atoms with Gasteiger partial charge >= 0.3 is 5.97 Å². The van der Waals surface area contributed by atoms with Gasteiger partial charge in [0, 0.05) is 0 Å². The van der Waals surface area contributed by atoms with E-state index in [-0.39, 0.29) is 12.2 Å². The summed E-state index contributed by atoms with van der Waals surface area (Å²) in [4.78, 5) is 12.3. The molecular weight excluding hydrogens is 344 g/mol. The van der Waals surface area contributed by atoms with E-state index in [0.29, 0.717) is 0 Å². The zero-order valence-corrected chi connectivity index (χ0v) is 19.5. The molecular formula is C15H34O5Si3. The molecule has 136 valence electrons. The minimum absolute atomic E-state index is 0.0895. The smallest absolute Gasteiger partial charge is 0.341 e. The van der Waals surface area contributed by atoms with Gasteiger partial charge in [-0.3, -0.25) is 0 Å². The Kier molecular flexibility index (Phi) is 7.66. The number of rotatable bonds is 9. The van der Waals surface area contributed by atoms with Crippen LogP contribution in [0.15, 0.2) is 12.2 Å². The molecule has 0 N–H and O–H groups in total. The Balaban J connectivity index is 6.01. The summed E-state index contributed by atoms with van der Waals surface area (Å²) >= 11 is 0. The van der Waals surface area contributed by atoms with E-state index in [1.165, 1.54) is 0 Å². The molecule has 0 aromatic rings. The minimum atomic E-state index is -2.10. The zero-order chi connectivity index (χ0) is 18.7. The number of esters is 1. The van der Waals surface area contributed by atoms with Crippen molar-refractivity contribution in [3.05, 3.63) is 12.2 Å². The average molecular weight is 379 g/mol. The summed E-state index contributed by atoms with van der Waals surface area (Å²) in [6, 6.07) is 0. The maximum atomic E-state index is 12.3. The first-order chi connectivity index (χ1) is 10.0. The van der Waals surface area contributed by atoms with Crippen LogP contribution in [0.25, 0.3) is 0 Å². The van der Waals surface area contributed by atoms with Crippen molar-refractivity contribution < 1.29 is 22.8 Å². The quantitative estimate of drug-likeness (QED) is 0.259. The van der Waals surface area contributed by atoms with Gasteiger partial charge in [0.15, 0.2) is 25.0 Å². The van der Waals surface area contributed by atoms with Gasteiger partial charge in [0.2, 0.25) is 0 Å². The van der Waals surface area contributed by atoms with E-state index in [4.69, 9.17) is 18.0 Å². The van der Waals surface area contributed by atoms with E-state index < -0.39 is 36.9 Å². The van der Waals surface area contributed by atoms with E-state index in [1.54, 1.807) is 6.92 Å². The Morgan fingerprint density at radius 2 is 1.13 bits per heavy atom. The third-order valence-electron chi connectivity index (χ3n) is 2.21. The molecule has 0 aliphatic carbocycles. The molecule has 0 heterocycles. The lowest BCUT2D eigenvalue weighted by Gasteiger charge is -2.45. The van der Waals surface area contributed by atoms with Crippen molar-refractivity contribution in [1.82, 2.24) is 0 Å². The lowest BCUT2D eigenvalue weighted by atomic mass is 10.2. The average Bonchev–Trinajstić information content (AvgIpc) is 2.20. The van der Waals surface area contributed by atoms with Gasteiger partial charge < -0.3 is 18.0 Å². The summed E-state index contributed by atoms with van der Waals surface area (Å²) in [5, 5.41) is 0. The molecule has 0 aromatic carbocycles. The van der Waals surface area contributed by atoms with Gasteiger partial charge in [0.05, 0.1) is 6.61 Å². The molecule has 0 saturated carbocycles. The van der Waals surface area contributed by atoms with Crippen LogP contribution in [0.5, 0.6) is 0 Å². The standard InChI is InChI=1S/C15H34O5Si3/c1-12-17-14(16)13(2)15(18-21(3,4)5,19-22(6,7)8)20-23(9,10)11/h2,12H2,1,3-11H3. The van der Waals surface area contributed by atoms with Crippen LogP contribution in [-0.2, 0) is 22.8 Å². The first-order valence-electron chi connectivity index (χ1n) is 7.98. The number of hydrogen-bond donors (Lipinski definition) is 0. The lowest BCUT2D eigenvalue weighted by molar-refractivity contribution is -0.242. The summed E-state index contributed by atoms with van der Waals surface area (Å²) in [6.45, 7) is 24.2. The molecule has 0 saturated heterocycles. The summed E-state index contributed by atoms with van der Waals surface area (Å²) < 4.78 is 23.9. The van der Waals surface area contributed by atoms with Gasteiger partial charge in [-0.2, -0.15) is 0 Å². The Morgan fingerprint density at radius 1 is 0.826 bits per heavy atom. The Morgan fingerprint density at radius 3 is 1.35 bits per heavy atom. The van der Waals surface area contributed by atoms with Crippen molar-refractivity contribution >= 4 is 30.9 Å². The number of hydrogen-bond acceptors (Lipinski definition) is 5. The Labute approximate surface area is 144 Å². The maximum Gasteiger partial charge on any atom is 0.341 e. The highest BCUT2D eigenvalue weighted by atomic mass is 28.4. The number of carbonyl (C=O) groups is 1. The Hall–Kier alpha value is -0.259. The SMILES string of the molecule is C=C(C(=O)OCC)C(O[Si](C)(C)C)(O[Si](C)(C)C)O[Si](C)(C)C. The number of carbonyl (C=O) groups excluding carboxylic acids is 1. The highest BCUT2D eigenvalue weighted by molar-refractivity contribution is 6.72. The fourth-order valence-electron chi connectivity index (χ4n) is 1.80. The Bertz CT molecular complexity index is 389. The molecule has 0 fully saturated rings. The van der Waals surface area contributed by atoms with Crippen molar-refractivity contribution in [2.75, 3.05) is 6.61 Å². The minimum Gasteiger partial charge on any atom is -0.462 e. The third-order valence-corrected chi connectivity index (χ3v) is 4.86. The van der Waals surface area contributed by atoms with Crippen molar-refractivity contribution in [3.63, 3.8) is 0 Å². The van der Waals surface area contributed by atoms with Crippen LogP contribution < -0.4 is 0 Å². The molecule has 0 spiro atoms. The molecule has 0 bridgehead atoms. The molecule has 0 amide bonds. The molecule has 0 aromatic heterocycles. The zero-order valence-electron chi connectivity index (χ0n) is 16.5. The van der Waals surface area contributed by atoms with E-state index in [1.807, 2.05) is 58.9 Å². The fraction of sp³-hybridized carbons (Fsp3) is 0.800. The summed E-state index contributed by atoms with van der Waals surface area (Å²) in [6.07, 6.45) is 0. The first kappa shape index (κ1) is 22.7. The van der Waals surface area contributed by atoms with Gasteiger partial charge in [-0.25, -0.2) is 4.79 Å². The lowest BCUT2D eigenvalue weighted by Crippen LogP contribution is -2.58. The second-order valence-electron chi connectivity index (χ2n) is 8.40. The summed E-state index contributed by atoms with van der Waals surface area (Å²) in [5.41, 5.74) is 0.0895. The number of ether oxygens (including phenoxy) is 1. The van der Waals surface area contributed by atoms with Gasteiger partial charge in [-0.15, -0.1) is 0 Å². The molecule has 0 aliphatic rings. The molecule has 0 aliphatic heterocycles. The third kappa shape index (κ3) is 8.97. The molecule has 0 atom stereocenters. The molecule has 0 radical (unpaired) electrons. The van der Waals surface area contributed by atoms with Crippen molar-refractivity contribution in [2.24, 2.45) is 0 Å². The van der Waals surface area contributed by atoms with E-state index >= 15 is 0 Å². The first-order valence-corrected chi connectivity index (χ1v) is 18.2. The highest BCUT2D eigenvalue weighted by Crippen LogP contribution is 2.35. The summed E-state index contributed by atoms with van der Waals surface area (Å²) in [7, 11) is -6.29. The largest absolute Gasteiger partial charge is 0.462 e. The van der Waals surface area contributed by atoms with Crippen molar-refractivity contribution in [1.29, 1.82) is 0 Å². The van der Waals surface area contributed by atoms with Crippen LogP contribution >= 0.6 is 0 Å². The van der Waals surface area contributed by atoms with Gasteiger partial charge in [-0.1, -0.05) is 6.58 Å². The van der Waals surface area contributed by atoms with Crippen LogP contribution in [0.2, 0.25) is 58.9 Å². The van der Waals surface area contributed by atoms with Crippen molar-refractivity contribution in [3.8, 4) is 0 Å². The fourth-order valence-corrected chi connectivity index (χ4v) is 5.09. The molecule has 5 nitrogen and oxygen atoms in total. The molecule has 0 rings (SSSR count). The van der Waals surface area contributed by atoms with E-state index in [0.717, 1.165) is 0 Å². The van der Waals surface area contributed by atoms with Crippen LogP contribution in [0.3, 0.4) is 0 Å². The normalized spacial score (nSPS) is 13.8. The molecule has 0 unspecified atom stereocenters. The van der Waals surface area contributed by atoms with Crippen LogP contribution in [0.4, 0.5) is 0 Å². The van der Waals surface area contributed by atoms with Crippen LogP contribution in [-0.4, -0.2) is 43.5 Å². The maximum absolute atomic E-state index is 12.3. The second-order valence-corrected chi connectivity index (χ2v) is 21.7. The van der Waals surface area contributed by atoms with Gasteiger partial charge in [0.1, 0.15) is 5.57 Å². The molecule has 23 heavy (non-hydrogen) atoms. The van der Waals surface area contributed by atoms with Crippen LogP contribution in [0.1, 0.15) is 6.92 Å². The van der Waals surface area contributed by atoms with Gasteiger partial charge in [-0.05, 0) is 65.8 Å². The highest BCUT2D eigenvalue weighted by Gasteiger charge is 2.50. The predicted octanol–water partition coefficient (Wildman–Crippen LogP) is 4.31. The van der Waals surface area contributed by atoms with Crippen LogP contribution in [0, 0.1) is 0 Å². The summed E-state index contributed by atoms with van der Waals surface area (Å²) in [5.74, 6) is -2.09.